The van der Waals surface area contributed by atoms with Crippen LogP contribution in [0.5, 0.6) is 0 Å². The summed E-state index contributed by atoms with van der Waals surface area (Å²) in [6.45, 7) is 0. The average molecular weight is 264 g/mol. The minimum absolute atomic E-state index is 0.0194. The number of rotatable bonds is 3. The molecule has 0 heterocycles. The highest BCUT2D eigenvalue weighted by atomic mass is 16.3. The second-order valence-electron chi connectivity index (χ2n) is 7.68. The fourth-order valence-electron chi connectivity index (χ4n) is 5.22. The van der Waals surface area contributed by atoms with Gasteiger partial charge in [-0.25, -0.2) is 0 Å². The van der Waals surface area contributed by atoms with Gasteiger partial charge in [0.2, 0.25) is 0 Å². The summed E-state index contributed by atoms with van der Waals surface area (Å²) in [6.07, 6.45) is 18.1. The molecule has 0 aromatic carbocycles. The van der Waals surface area contributed by atoms with E-state index in [1.807, 2.05) is 0 Å². The number of aliphatic hydroxyl groups is 1. The molecule has 19 heavy (non-hydrogen) atoms. The van der Waals surface area contributed by atoms with Crippen molar-refractivity contribution < 1.29 is 5.11 Å². The van der Waals surface area contributed by atoms with Crippen LogP contribution in [0.3, 0.4) is 0 Å². The summed E-state index contributed by atoms with van der Waals surface area (Å²) >= 11 is 0. The van der Waals surface area contributed by atoms with E-state index in [4.69, 9.17) is 0 Å². The second-order valence-corrected chi connectivity index (χ2v) is 7.68. The van der Waals surface area contributed by atoms with Crippen LogP contribution in [0.25, 0.3) is 0 Å². The van der Waals surface area contributed by atoms with Crippen molar-refractivity contribution in [3.63, 3.8) is 0 Å². The van der Waals surface area contributed by atoms with Crippen LogP contribution >= 0.6 is 0 Å². The van der Waals surface area contributed by atoms with Gasteiger partial charge < -0.3 is 5.11 Å². The molecule has 1 nitrogen and oxygen atoms in total. The van der Waals surface area contributed by atoms with Crippen LogP contribution in [0.1, 0.15) is 83.5 Å². The summed E-state index contributed by atoms with van der Waals surface area (Å²) in [7, 11) is 0. The lowest BCUT2D eigenvalue weighted by Gasteiger charge is -2.41. The summed E-state index contributed by atoms with van der Waals surface area (Å²) < 4.78 is 0. The molecule has 0 saturated heterocycles. The molecule has 0 bridgehead atoms. The van der Waals surface area contributed by atoms with Gasteiger partial charge in [-0.2, -0.15) is 0 Å². The zero-order valence-electron chi connectivity index (χ0n) is 12.5. The fraction of sp³-hybridized carbons (Fsp3) is 1.00. The van der Waals surface area contributed by atoms with Crippen molar-refractivity contribution in [2.75, 3.05) is 0 Å². The normalized spacial score (nSPS) is 38.7. The van der Waals surface area contributed by atoms with E-state index in [-0.39, 0.29) is 6.10 Å². The first-order valence-electron chi connectivity index (χ1n) is 9.01. The zero-order chi connectivity index (χ0) is 13.1. The summed E-state index contributed by atoms with van der Waals surface area (Å²) in [5.41, 5.74) is 0. The molecule has 0 amide bonds. The Morgan fingerprint density at radius 2 is 1.42 bits per heavy atom. The van der Waals surface area contributed by atoms with Gasteiger partial charge in [-0.1, -0.05) is 57.8 Å². The van der Waals surface area contributed by atoms with E-state index < -0.39 is 0 Å². The standard InChI is InChI=1S/C18H32O/c19-18(12-14-6-2-1-3-7-14)17-11-10-15-8-4-5-9-16(15)13-17/h14-19H,1-13H2. The smallest absolute Gasteiger partial charge is 0.0571 e. The molecule has 0 radical (unpaired) electrons. The molecule has 3 aliphatic carbocycles. The van der Waals surface area contributed by atoms with Gasteiger partial charge in [0.15, 0.2) is 0 Å². The van der Waals surface area contributed by atoms with Crippen LogP contribution in [0, 0.1) is 23.7 Å². The van der Waals surface area contributed by atoms with Crippen molar-refractivity contribution in [2.45, 2.75) is 89.6 Å². The van der Waals surface area contributed by atoms with E-state index in [2.05, 4.69) is 0 Å². The zero-order valence-corrected chi connectivity index (χ0v) is 12.5. The predicted octanol–water partition coefficient (Wildman–Crippen LogP) is 4.92. The SMILES string of the molecule is OC(CC1CCCCC1)C1CCC2CCCCC2C1. The Kier molecular flexibility index (Phi) is 4.84. The molecule has 0 aliphatic heterocycles. The monoisotopic (exact) mass is 264 g/mol. The van der Waals surface area contributed by atoms with Crippen LogP contribution in [0.15, 0.2) is 0 Å². The topological polar surface area (TPSA) is 20.2 Å². The summed E-state index contributed by atoms with van der Waals surface area (Å²) in [6, 6.07) is 0. The first-order chi connectivity index (χ1) is 9.33. The van der Waals surface area contributed by atoms with E-state index >= 15 is 0 Å². The molecule has 3 saturated carbocycles. The molecule has 4 atom stereocenters. The van der Waals surface area contributed by atoms with Crippen molar-refractivity contribution in [3.05, 3.63) is 0 Å². The molecule has 0 aromatic heterocycles. The Labute approximate surface area is 119 Å². The van der Waals surface area contributed by atoms with Crippen molar-refractivity contribution in [2.24, 2.45) is 23.7 Å². The van der Waals surface area contributed by atoms with Crippen molar-refractivity contribution in [1.82, 2.24) is 0 Å². The third-order valence-electron chi connectivity index (χ3n) is 6.42. The number of hydrogen-bond acceptors (Lipinski definition) is 1. The molecule has 0 spiro atoms. The minimum Gasteiger partial charge on any atom is -0.393 e. The number of fused-ring (bicyclic) bond motifs is 1. The largest absolute Gasteiger partial charge is 0.393 e. The van der Waals surface area contributed by atoms with E-state index in [1.165, 1.54) is 77.0 Å². The van der Waals surface area contributed by atoms with E-state index in [0.29, 0.717) is 5.92 Å². The molecular weight excluding hydrogens is 232 g/mol. The van der Waals surface area contributed by atoms with Gasteiger partial charge in [0, 0.05) is 0 Å². The molecule has 0 aromatic rings. The lowest BCUT2D eigenvalue weighted by atomic mass is 9.65. The van der Waals surface area contributed by atoms with Crippen molar-refractivity contribution >= 4 is 0 Å². The predicted molar refractivity (Wildman–Crippen MR) is 80.0 cm³/mol. The average Bonchev–Trinajstić information content (AvgIpc) is 2.48. The Balaban J connectivity index is 1.48. The highest BCUT2D eigenvalue weighted by Crippen LogP contribution is 2.44. The first kappa shape index (κ1) is 13.9. The maximum absolute atomic E-state index is 10.6. The van der Waals surface area contributed by atoms with Crippen LogP contribution < -0.4 is 0 Å². The highest BCUT2D eigenvalue weighted by Gasteiger charge is 2.35. The van der Waals surface area contributed by atoms with Gasteiger partial charge in [-0.05, 0) is 49.4 Å². The molecule has 3 fully saturated rings. The van der Waals surface area contributed by atoms with Gasteiger partial charge in [0.1, 0.15) is 0 Å². The highest BCUT2D eigenvalue weighted by molar-refractivity contribution is 4.86. The maximum Gasteiger partial charge on any atom is 0.0571 e. The van der Waals surface area contributed by atoms with Crippen LogP contribution in [0.2, 0.25) is 0 Å². The minimum atomic E-state index is 0.0194. The van der Waals surface area contributed by atoms with Gasteiger partial charge in [-0.15, -0.1) is 0 Å². The first-order valence-corrected chi connectivity index (χ1v) is 9.01. The van der Waals surface area contributed by atoms with Crippen LogP contribution in [-0.4, -0.2) is 11.2 Å². The summed E-state index contributed by atoms with van der Waals surface area (Å²) in [5, 5.41) is 10.6. The van der Waals surface area contributed by atoms with E-state index in [1.54, 1.807) is 0 Å². The fourth-order valence-corrected chi connectivity index (χ4v) is 5.22. The quantitative estimate of drug-likeness (QED) is 0.766. The number of hydrogen-bond donors (Lipinski definition) is 1. The lowest BCUT2D eigenvalue weighted by molar-refractivity contribution is 0.0186. The number of aliphatic hydroxyl groups excluding tert-OH is 1. The van der Waals surface area contributed by atoms with Crippen molar-refractivity contribution in [3.8, 4) is 0 Å². The van der Waals surface area contributed by atoms with Crippen molar-refractivity contribution in [1.29, 1.82) is 0 Å². The molecule has 4 unspecified atom stereocenters. The van der Waals surface area contributed by atoms with Gasteiger partial charge in [0.05, 0.1) is 6.10 Å². The molecular formula is C18H32O. The summed E-state index contributed by atoms with van der Waals surface area (Å²) in [5.74, 6) is 3.47. The Bertz CT molecular complexity index is 269. The Morgan fingerprint density at radius 1 is 0.737 bits per heavy atom. The molecule has 110 valence electrons. The lowest BCUT2D eigenvalue weighted by Crippen LogP contribution is -2.34. The molecule has 3 rings (SSSR count). The molecule has 3 aliphatic rings. The third kappa shape index (κ3) is 3.54. The Hall–Kier alpha value is -0.0400. The van der Waals surface area contributed by atoms with E-state index in [9.17, 15) is 5.11 Å². The van der Waals surface area contributed by atoms with E-state index in [0.717, 1.165) is 24.2 Å². The van der Waals surface area contributed by atoms with Gasteiger partial charge >= 0.3 is 0 Å². The molecule has 1 heteroatoms. The molecule has 1 N–H and O–H groups in total. The van der Waals surface area contributed by atoms with Gasteiger partial charge in [0.25, 0.3) is 0 Å². The Morgan fingerprint density at radius 3 is 2.21 bits per heavy atom. The summed E-state index contributed by atoms with van der Waals surface area (Å²) in [4.78, 5) is 0. The van der Waals surface area contributed by atoms with Gasteiger partial charge in [-0.3, -0.25) is 0 Å². The van der Waals surface area contributed by atoms with Crippen LogP contribution in [0.4, 0.5) is 0 Å². The van der Waals surface area contributed by atoms with Crippen LogP contribution in [-0.2, 0) is 0 Å². The second kappa shape index (κ2) is 6.61. The maximum atomic E-state index is 10.6. The third-order valence-corrected chi connectivity index (χ3v) is 6.42.